The van der Waals surface area contributed by atoms with Crippen molar-refractivity contribution in [3.8, 4) is 5.69 Å². The van der Waals surface area contributed by atoms with E-state index in [4.69, 9.17) is 4.74 Å². The number of anilines is 2. The molecule has 3 heterocycles. The van der Waals surface area contributed by atoms with Crippen LogP contribution in [0.1, 0.15) is 34.9 Å². The van der Waals surface area contributed by atoms with Crippen LogP contribution in [0.15, 0.2) is 48.7 Å². The highest BCUT2D eigenvalue weighted by Crippen LogP contribution is 2.42. The Bertz CT molecular complexity index is 992. The summed E-state index contributed by atoms with van der Waals surface area (Å²) in [5.74, 6) is 0.548. The van der Waals surface area contributed by atoms with Gasteiger partial charge in [-0.1, -0.05) is 23.4 Å². The van der Waals surface area contributed by atoms with Gasteiger partial charge in [0.25, 0.3) is 5.91 Å². The fourth-order valence-corrected chi connectivity index (χ4v) is 3.58. The van der Waals surface area contributed by atoms with Crippen molar-refractivity contribution in [2.45, 2.75) is 18.8 Å². The zero-order chi connectivity index (χ0) is 19.6. The molecule has 2 aliphatic rings. The summed E-state index contributed by atoms with van der Waals surface area (Å²) in [5, 5.41) is 11.3. The molecule has 1 N–H and O–H groups in total. The van der Waals surface area contributed by atoms with Gasteiger partial charge in [0, 0.05) is 19.0 Å². The van der Waals surface area contributed by atoms with Gasteiger partial charge in [0.15, 0.2) is 5.69 Å². The van der Waals surface area contributed by atoms with Gasteiger partial charge in [-0.25, -0.2) is 9.67 Å². The Balaban J connectivity index is 1.35. The first-order valence-electron chi connectivity index (χ1n) is 9.91. The van der Waals surface area contributed by atoms with E-state index in [1.165, 1.54) is 0 Å². The zero-order valence-electron chi connectivity index (χ0n) is 16.0. The Morgan fingerprint density at radius 1 is 1.03 bits per heavy atom. The van der Waals surface area contributed by atoms with Gasteiger partial charge in [0.05, 0.1) is 36.5 Å². The molecular formula is C21H22N6O2. The van der Waals surface area contributed by atoms with Gasteiger partial charge in [0.2, 0.25) is 0 Å². The molecule has 1 amide bonds. The molecule has 0 bridgehead atoms. The van der Waals surface area contributed by atoms with Crippen molar-refractivity contribution in [2.24, 2.45) is 0 Å². The number of para-hydroxylation sites is 1. The van der Waals surface area contributed by atoms with Crippen molar-refractivity contribution in [1.29, 1.82) is 0 Å². The molecule has 1 saturated carbocycles. The number of benzene rings is 1. The fourth-order valence-electron chi connectivity index (χ4n) is 3.58. The number of pyridine rings is 1. The van der Waals surface area contributed by atoms with Gasteiger partial charge in [-0.15, -0.1) is 5.10 Å². The minimum absolute atomic E-state index is 0.277. The van der Waals surface area contributed by atoms with Gasteiger partial charge in [-0.2, -0.15) is 0 Å². The summed E-state index contributed by atoms with van der Waals surface area (Å²) in [6.45, 7) is 3.14. The number of nitrogens with one attached hydrogen (secondary N) is 1. The summed E-state index contributed by atoms with van der Waals surface area (Å²) < 4.78 is 7.16. The number of aromatic nitrogens is 4. The second-order valence-electron chi connectivity index (χ2n) is 7.30. The van der Waals surface area contributed by atoms with Gasteiger partial charge < -0.3 is 15.0 Å². The van der Waals surface area contributed by atoms with E-state index in [9.17, 15) is 4.79 Å². The lowest BCUT2D eigenvalue weighted by atomic mass is 10.2. The number of nitrogens with zero attached hydrogens (tertiary/aromatic N) is 5. The number of hydrogen-bond donors (Lipinski definition) is 1. The molecule has 0 radical (unpaired) electrons. The van der Waals surface area contributed by atoms with E-state index in [0.29, 0.717) is 17.4 Å². The highest BCUT2D eigenvalue weighted by molar-refractivity contribution is 6.03. The lowest BCUT2D eigenvalue weighted by Gasteiger charge is -2.28. The molecule has 5 rings (SSSR count). The van der Waals surface area contributed by atoms with E-state index in [-0.39, 0.29) is 5.91 Å². The molecule has 1 saturated heterocycles. The summed E-state index contributed by atoms with van der Waals surface area (Å²) in [5.41, 5.74) is 3.18. The number of amides is 1. The van der Waals surface area contributed by atoms with Crippen LogP contribution in [0.3, 0.4) is 0 Å². The third-order valence-corrected chi connectivity index (χ3v) is 5.25. The van der Waals surface area contributed by atoms with E-state index in [1.54, 1.807) is 10.9 Å². The number of carbonyl (C=O) groups is 1. The Hall–Kier alpha value is -3.26. The fraction of sp³-hybridized carbons (Fsp3) is 0.333. The van der Waals surface area contributed by atoms with Crippen molar-refractivity contribution >= 4 is 17.4 Å². The van der Waals surface area contributed by atoms with Crippen LogP contribution in [0.4, 0.5) is 11.5 Å². The topological polar surface area (TPSA) is 85.2 Å². The SMILES string of the molecule is O=C(Nc1ccc(N2CCOCC2)cn1)c1nnn(-c2ccccc2)c1C1CC1. The monoisotopic (exact) mass is 390 g/mol. The standard InChI is InChI=1S/C21H22N6O2/c28-21(23-18-9-8-17(14-22-18)26-10-12-29-13-11-26)19-20(15-6-7-15)27(25-24-19)16-4-2-1-3-5-16/h1-5,8-9,14-15H,6-7,10-13H2,(H,22,23,28). The summed E-state index contributed by atoms with van der Waals surface area (Å²) in [7, 11) is 0. The maximum Gasteiger partial charge on any atom is 0.279 e. The highest BCUT2D eigenvalue weighted by atomic mass is 16.5. The van der Waals surface area contributed by atoms with Crippen LogP contribution in [-0.4, -0.2) is 52.2 Å². The van der Waals surface area contributed by atoms with Crippen LogP contribution in [-0.2, 0) is 4.74 Å². The summed E-state index contributed by atoms with van der Waals surface area (Å²) in [6.07, 6.45) is 3.88. The third kappa shape index (κ3) is 3.71. The van der Waals surface area contributed by atoms with E-state index in [2.05, 4.69) is 25.5 Å². The number of ether oxygens (including phenoxy) is 1. The van der Waals surface area contributed by atoms with Crippen molar-refractivity contribution in [2.75, 3.05) is 36.5 Å². The van der Waals surface area contributed by atoms with E-state index in [0.717, 1.165) is 56.2 Å². The number of rotatable bonds is 5. The normalized spacial score (nSPS) is 16.6. The largest absolute Gasteiger partial charge is 0.378 e. The van der Waals surface area contributed by atoms with Gasteiger partial charge >= 0.3 is 0 Å². The summed E-state index contributed by atoms with van der Waals surface area (Å²) in [4.78, 5) is 19.5. The molecule has 148 valence electrons. The number of hydrogen-bond acceptors (Lipinski definition) is 6. The van der Waals surface area contributed by atoms with Gasteiger partial charge in [-0.3, -0.25) is 4.79 Å². The predicted octanol–water partition coefficient (Wildman–Crippen LogP) is 2.63. The zero-order valence-corrected chi connectivity index (χ0v) is 16.0. The smallest absolute Gasteiger partial charge is 0.279 e. The molecule has 1 aromatic carbocycles. The molecule has 0 spiro atoms. The van der Waals surface area contributed by atoms with Crippen molar-refractivity contribution < 1.29 is 9.53 Å². The van der Waals surface area contributed by atoms with Crippen LogP contribution >= 0.6 is 0 Å². The first-order chi connectivity index (χ1) is 14.3. The number of morpholine rings is 1. The Morgan fingerprint density at radius 2 is 1.83 bits per heavy atom. The quantitative estimate of drug-likeness (QED) is 0.721. The van der Waals surface area contributed by atoms with Gasteiger partial charge in [0.1, 0.15) is 5.82 Å². The van der Waals surface area contributed by atoms with Crippen molar-refractivity contribution in [1.82, 2.24) is 20.0 Å². The van der Waals surface area contributed by atoms with Crippen LogP contribution in [0.5, 0.6) is 0 Å². The highest BCUT2D eigenvalue weighted by Gasteiger charge is 2.34. The molecule has 2 fully saturated rings. The Kier molecular flexibility index (Phi) is 4.69. The van der Waals surface area contributed by atoms with E-state index < -0.39 is 0 Å². The molecule has 8 heteroatoms. The first-order valence-corrected chi connectivity index (χ1v) is 9.91. The predicted molar refractivity (Wildman–Crippen MR) is 109 cm³/mol. The minimum Gasteiger partial charge on any atom is -0.378 e. The average Bonchev–Trinajstić information content (AvgIpc) is 3.53. The Labute approximate surface area is 168 Å². The first kappa shape index (κ1) is 17.8. The average molecular weight is 390 g/mol. The molecule has 8 nitrogen and oxygen atoms in total. The van der Waals surface area contributed by atoms with E-state index >= 15 is 0 Å². The molecule has 1 aliphatic carbocycles. The summed E-state index contributed by atoms with van der Waals surface area (Å²) >= 11 is 0. The second kappa shape index (κ2) is 7.63. The maximum atomic E-state index is 12.9. The lowest BCUT2D eigenvalue weighted by molar-refractivity contribution is 0.102. The minimum atomic E-state index is -0.277. The molecule has 0 unspecified atom stereocenters. The van der Waals surface area contributed by atoms with Crippen LogP contribution < -0.4 is 10.2 Å². The van der Waals surface area contributed by atoms with Crippen LogP contribution in [0, 0.1) is 0 Å². The molecule has 1 aliphatic heterocycles. The van der Waals surface area contributed by atoms with Crippen molar-refractivity contribution in [3.05, 3.63) is 60.0 Å². The number of carbonyl (C=O) groups excluding carboxylic acids is 1. The maximum absolute atomic E-state index is 12.9. The molecule has 0 atom stereocenters. The van der Waals surface area contributed by atoms with Crippen LogP contribution in [0.25, 0.3) is 5.69 Å². The van der Waals surface area contributed by atoms with E-state index in [1.807, 2.05) is 42.5 Å². The molecule has 3 aromatic rings. The van der Waals surface area contributed by atoms with Crippen molar-refractivity contribution in [3.63, 3.8) is 0 Å². The third-order valence-electron chi connectivity index (χ3n) is 5.25. The lowest BCUT2D eigenvalue weighted by Crippen LogP contribution is -2.36. The molecule has 2 aromatic heterocycles. The molecule has 29 heavy (non-hydrogen) atoms. The second-order valence-corrected chi connectivity index (χ2v) is 7.30. The summed E-state index contributed by atoms with van der Waals surface area (Å²) in [6, 6.07) is 13.6. The van der Waals surface area contributed by atoms with Crippen LogP contribution in [0.2, 0.25) is 0 Å². The molecular weight excluding hydrogens is 368 g/mol. The Morgan fingerprint density at radius 3 is 2.52 bits per heavy atom. The van der Waals surface area contributed by atoms with Gasteiger partial charge in [-0.05, 0) is 37.1 Å².